The lowest BCUT2D eigenvalue weighted by atomic mass is 9.97. The second-order valence-electron chi connectivity index (χ2n) is 27.1. The Bertz CT molecular complexity index is 3920. The first-order chi connectivity index (χ1) is 47.8. The zero-order valence-corrected chi connectivity index (χ0v) is 60.6. The Labute approximate surface area is 597 Å². The standard InChI is InChI=1S/C23H31N9O.C16H23ClN6O2.C12H17N3O.C11H22N2O2.C5H2Cl2N4/c1-16(33)30-10-12-31(13-11-30)19-4-2-18(3-5-19)27-23-28-21-20(25-15-26-21)22(29-23)32-8-6-17(14-24)7-9-32;1-16(2,3)25-15(24)18-8-10-4-6-23(7-5-10)13-11-12(20-9-19-11)21-14(17)22-13;1-10(16)14-6-8-15(9-7-14)12-4-2-11(13)3-5-12;1-11(2,3)15-10(14)13-8-9-4-6-12-7-5-9;6-3-2-4(9-1-8-2)11-5(7)10-3/h2-5,15,17H,6-14,24H2,1H3,(H2,25,26,27,28,29);9-10H,4-8H2,1-3H3,(H,18,24)(H,19,20,21,22);2-5H,6-9,13H2,1H3;9,12H,4-8H2,1-3H3,(H,13,14);1H,(H,8,9,10,11). The molecule has 0 spiro atoms. The second kappa shape index (κ2) is 35.5. The molecule has 5 aliphatic rings. The fraction of sp³-hybridized carbons (Fsp3) is 0.537. The summed E-state index contributed by atoms with van der Waals surface area (Å²) in [6.45, 7) is 28.8. The number of halogens is 3. The third kappa shape index (κ3) is 22.6. The van der Waals surface area contributed by atoms with Gasteiger partial charge in [-0.1, -0.05) is 11.6 Å². The van der Waals surface area contributed by atoms with Gasteiger partial charge in [-0.2, -0.15) is 24.9 Å². The van der Waals surface area contributed by atoms with Gasteiger partial charge in [-0.25, -0.2) is 29.5 Å². The van der Waals surface area contributed by atoms with Crippen LogP contribution < -0.4 is 52.3 Å². The van der Waals surface area contributed by atoms with Crippen molar-refractivity contribution in [2.24, 2.45) is 23.5 Å². The lowest BCUT2D eigenvalue weighted by Crippen LogP contribution is -2.48. The molecule has 13 rings (SSSR count). The maximum Gasteiger partial charge on any atom is 0.407 e. The highest BCUT2D eigenvalue weighted by atomic mass is 35.5. The zero-order chi connectivity index (χ0) is 71.5. The molecule has 100 heavy (non-hydrogen) atoms. The minimum absolute atomic E-state index is 0.106. The SMILES string of the molecule is CC(=O)N1CCN(c2ccc(N)cc2)CC1.CC(=O)N1CCN(c2ccc(Nc3nc(N4CCC(CN)CC4)c4[nH]cnc4n3)cc2)CC1.CC(C)(C)OC(=O)NCC1CCN(c2nc(Cl)nc3nc[nH]c23)CC1.CC(C)(C)OC(=O)NCC1CCNCC1.Clc1nc(Cl)c2[nH]cnc2n1. The molecule has 30 nitrogen and oxygen atoms in total. The number of fused-ring (bicyclic) bond motifs is 3. The number of nitrogens with two attached hydrogens (primary N) is 2. The van der Waals surface area contributed by atoms with Crippen LogP contribution in [0.1, 0.15) is 93.9 Å². The molecular weight excluding hydrogens is 1340 g/mol. The van der Waals surface area contributed by atoms with Crippen molar-refractivity contribution in [2.75, 3.05) is 142 Å². The van der Waals surface area contributed by atoms with Crippen molar-refractivity contribution in [2.45, 2.75) is 105 Å². The van der Waals surface area contributed by atoms with Crippen molar-refractivity contribution < 1.29 is 28.7 Å². The van der Waals surface area contributed by atoms with Gasteiger partial charge in [0.05, 0.1) is 19.0 Å². The maximum atomic E-state index is 11.8. The van der Waals surface area contributed by atoms with Crippen molar-refractivity contribution in [1.29, 1.82) is 0 Å². The van der Waals surface area contributed by atoms with E-state index in [9.17, 15) is 19.2 Å². The van der Waals surface area contributed by atoms with Gasteiger partial charge in [0.25, 0.3) is 0 Å². The molecular formula is C67H95Cl3N24O6. The van der Waals surface area contributed by atoms with E-state index in [1.807, 2.05) is 87.7 Å². The van der Waals surface area contributed by atoms with E-state index < -0.39 is 11.2 Å². The molecule has 5 fully saturated rings. The van der Waals surface area contributed by atoms with Crippen LogP contribution in [-0.4, -0.2) is 216 Å². The number of hydrogen-bond acceptors (Lipinski definition) is 23. The van der Waals surface area contributed by atoms with E-state index >= 15 is 0 Å². The summed E-state index contributed by atoms with van der Waals surface area (Å²) in [6, 6.07) is 16.1. The van der Waals surface area contributed by atoms with E-state index in [0.717, 1.165) is 183 Å². The van der Waals surface area contributed by atoms with E-state index in [-0.39, 0.29) is 39.7 Å². The molecule has 6 aromatic heterocycles. The summed E-state index contributed by atoms with van der Waals surface area (Å²) in [5.74, 6) is 4.11. The van der Waals surface area contributed by atoms with E-state index in [2.05, 4.69) is 108 Å². The molecule has 4 amide bonds. The molecule has 0 atom stereocenters. The summed E-state index contributed by atoms with van der Waals surface area (Å²) in [4.78, 5) is 106. The number of anilines is 7. The lowest BCUT2D eigenvalue weighted by Gasteiger charge is -2.35. The molecule has 0 bridgehead atoms. The topological polar surface area (TPSA) is 370 Å². The Morgan fingerprint density at radius 2 is 0.920 bits per heavy atom. The predicted octanol–water partition coefficient (Wildman–Crippen LogP) is 8.80. The van der Waals surface area contributed by atoms with Crippen LogP contribution in [0.4, 0.5) is 49.9 Å². The fourth-order valence-corrected chi connectivity index (χ4v) is 12.5. The Morgan fingerprint density at radius 3 is 1.38 bits per heavy atom. The van der Waals surface area contributed by atoms with Crippen LogP contribution in [0, 0.1) is 17.8 Å². The number of carbonyl (C=O) groups is 4. The number of piperidine rings is 3. The highest BCUT2D eigenvalue weighted by molar-refractivity contribution is 6.35. The first kappa shape index (κ1) is 75.4. The van der Waals surface area contributed by atoms with E-state index in [0.29, 0.717) is 52.7 Å². The molecule has 2 aromatic carbocycles. The van der Waals surface area contributed by atoms with Gasteiger partial charge in [-0.3, -0.25) is 9.59 Å². The van der Waals surface area contributed by atoms with Gasteiger partial charge in [0.15, 0.2) is 33.7 Å². The van der Waals surface area contributed by atoms with Crippen molar-refractivity contribution in [3.05, 3.63) is 83.2 Å². The number of benzene rings is 2. The lowest BCUT2D eigenvalue weighted by molar-refractivity contribution is -0.129. The number of nitrogen functional groups attached to an aromatic ring is 1. The van der Waals surface area contributed by atoms with Crippen LogP contribution >= 0.6 is 34.8 Å². The summed E-state index contributed by atoms with van der Waals surface area (Å²) in [5.41, 5.74) is 18.6. The number of ether oxygens (including phenoxy) is 2. The average Bonchev–Trinajstić information content (AvgIpc) is 1.55. The Balaban J connectivity index is 0.000000154. The van der Waals surface area contributed by atoms with Gasteiger partial charge in [0, 0.05) is 128 Å². The first-order valence-corrected chi connectivity index (χ1v) is 35.1. The van der Waals surface area contributed by atoms with Crippen molar-refractivity contribution in [3.8, 4) is 0 Å². The van der Waals surface area contributed by atoms with Crippen LogP contribution in [0.25, 0.3) is 33.5 Å². The smallest absolute Gasteiger partial charge is 0.407 e. The summed E-state index contributed by atoms with van der Waals surface area (Å²) in [6.07, 6.45) is 10.4. The number of nitrogens with zero attached hydrogens (tertiary/aromatic N) is 15. The molecule has 33 heteroatoms. The quantitative estimate of drug-likeness (QED) is 0.0332. The van der Waals surface area contributed by atoms with Crippen LogP contribution in [0.15, 0.2) is 67.5 Å². The summed E-state index contributed by atoms with van der Waals surface area (Å²) < 4.78 is 10.4. The third-order valence-electron chi connectivity index (χ3n) is 17.4. The predicted molar refractivity (Wildman–Crippen MR) is 393 cm³/mol. The van der Waals surface area contributed by atoms with Gasteiger partial charge in [0.1, 0.15) is 27.8 Å². The number of aromatic amines is 3. The van der Waals surface area contributed by atoms with Gasteiger partial charge in [0.2, 0.25) is 28.3 Å². The molecule has 5 aliphatic heterocycles. The Kier molecular flexibility index (Phi) is 26.7. The molecule has 0 aliphatic carbocycles. The van der Waals surface area contributed by atoms with Gasteiger partial charge in [-0.05, 0) is 189 Å². The zero-order valence-electron chi connectivity index (χ0n) is 58.3. The molecule has 11 N–H and O–H groups in total. The highest BCUT2D eigenvalue weighted by Gasteiger charge is 2.27. The van der Waals surface area contributed by atoms with Crippen molar-refractivity contribution in [1.82, 2.24) is 85.6 Å². The Hall–Kier alpha value is -8.84. The largest absolute Gasteiger partial charge is 0.444 e. The minimum atomic E-state index is -0.477. The van der Waals surface area contributed by atoms with Gasteiger partial charge >= 0.3 is 12.2 Å². The summed E-state index contributed by atoms with van der Waals surface area (Å²) in [7, 11) is 0. The number of H-pyrrole nitrogens is 3. The van der Waals surface area contributed by atoms with Crippen molar-refractivity contribution >= 4 is 133 Å². The van der Waals surface area contributed by atoms with E-state index in [1.54, 1.807) is 26.5 Å². The molecule has 0 radical (unpaired) electrons. The van der Waals surface area contributed by atoms with Gasteiger partial charge in [-0.15, -0.1) is 0 Å². The number of piperazine rings is 2. The fourth-order valence-electron chi connectivity index (χ4n) is 11.9. The number of rotatable bonds is 11. The number of carbonyl (C=O) groups excluding carboxylic acids is 4. The summed E-state index contributed by atoms with van der Waals surface area (Å²) in [5, 5.41) is 12.9. The second-order valence-corrected chi connectivity index (χ2v) is 28.1. The number of aromatic nitrogens is 12. The average molecular weight is 1440 g/mol. The van der Waals surface area contributed by atoms with E-state index in [4.69, 9.17) is 60.7 Å². The highest BCUT2D eigenvalue weighted by Crippen LogP contribution is 2.31. The van der Waals surface area contributed by atoms with Crippen LogP contribution in [0.3, 0.4) is 0 Å². The van der Waals surface area contributed by atoms with E-state index in [1.165, 1.54) is 12.0 Å². The van der Waals surface area contributed by atoms with Crippen LogP contribution in [-0.2, 0) is 19.1 Å². The molecule has 540 valence electrons. The van der Waals surface area contributed by atoms with Gasteiger partial charge < -0.3 is 86.6 Å². The number of imidazole rings is 3. The Morgan fingerprint density at radius 1 is 0.510 bits per heavy atom. The molecule has 5 saturated heterocycles. The van der Waals surface area contributed by atoms with Crippen LogP contribution in [0.5, 0.6) is 0 Å². The van der Waals surface area contributed by atoms with Crippen LogP contribution in [0.2, 0.25) is 15.7 Å². The molecule has 8 aromatic rings. The molecule has 0 saturated carbocycles. The first-order valence-electron chi connectivity index (χ1n) is 34.0. The monoisotopic (exact) mass is 1440 g/mol. The molecule has 11 heterocycles. The third-order valence-corrected chi connectivity index (χ3v) is 18.0. The number of alkyl carbamates (subject to hydrolysis) is 2. The molecule has 0 unspecified atom stereocenters. The van der Waals surface area contributed by atoms with Crippen molar-refractivity contribution in [3.63, 3.8) is 0 Å². The summed E-state index contributed by atoms with van der Waals surface area (Å²) >= 11 is 17.2. The minimum Gasteiger partial charge on any atom is -0.444 e. The number of amides is 4. The number of hydrogen-bond donors (Lipinski definition) is 9. The number of nitrogens with one attached hydrogen (secondary N) is 7. The normalized spacial score (nSPS) is 16.4. The maximum absolute atomic E-state index is 11.8.